The molecule has 0 amide bonds. The summed E-state index contributed by atoms with van der Waals surface area (Å²) >= 11 is 29.7. The van der Waals surface area contributed by atoms with E-state index in [1.807, 2.05) is 0 Å². The first-order valence-electron chi connectivity index (χ1n) is 44.4. The van der Waals surface area contributed by atoms with Gasteiger partial charge in [-0.3, -0.25) is 81.5 Å². The second-order valence-electron chi connectivity index (χ2n) is 36.3. The molecular formula is C94H142O36S12. The number of ketones is 12. The van der Waals surface area contributed by atoms with Gasteiger partial charge in [-0.2, -0.15) is 75.8 Å². The largest absolute Gasteiger partial charge is 0.428 e. The van der Waals surface area contributed by atoms with Crippen molar-refractivity contribution in [1.29, 1.82) is 0 Å². The molecule has 0 heterocycles. The van der Waals surface area contributed by atoms with Crippen LogP contribution in [0.3, 0.4) is 0 Å². The Morgan fingerprint density at radius 2 is 0.542 bits per heavy atom. The summed E-state index contributed by atoms with van der Waals surface area (Å²) in [4.78, 5) is 278. The Labute approximate surface area is 890 Å². The van der Waals surface area contributed by atoms with Gasteiger partial charge in [-0.25, -0.2) is 33.6 Å². The molecule has 2 rings (SSSR count). The van der Waals surface area contributed by atoms with Gasteiger partial charge in [-0.1, -0.05) is 58.2 Å². The van der Waals surface area contributed by atoms with Gasteiger partial charge in [0.1, 0.15) is 69.4 Å². The van der Waals surface area contributed by atoms with Gasteiger partial charge in [0.15, 0.2) is 0 Å². The van der Waals surface area contributed by atoms with Gasteiger partial charge in [0.05, 0.1) is 51.3 Å². The third-order valence-electron chi connectivity index (χ3n) is 19.2. The van der Waals surface area contributed by atoms with Crippen molar-refractivity contribution in [2.24, 2.45) is 52.8 Å². The smallest absolute Gasteiger partial charge is 0.370 e. The molecule has 36 nitrogen and oxygen atoms in total. The highest BCUT2D eigenvalue weighted by Gasteiger charge is 2.36. The predicted molar refractivity (Wildman–Crippen MR) is 563 cm³/mol. The summed E-state index contributed by atoms with van der Waals surface area (Å²) in [6.45, 7) is 36.5. The maximum absolute atomic E-state index is 12.0. The number of thiol groups is 6. The van der Waals surface area contributed by atoms with E-state index in [9.17, 15) is 115 Å². The van der Waals surface area contributed by atoms with Crippen molar-refractivity contribution in [3.8, 4) is 0 Å². The summed E-state index contributed by atoms with van der Waals surface area (Å²) in [6.07, 6.45) is 5.13. The van der Waals surface area contributed by atoms with Crippen LogP contribution in [-0.4, -0.2) is 241 Å². The van der Waals surface area contributed by atoms with Crippen molar-refractivity contribution in [2.75, 3.05) is 75.3 Å². The Bertz CT molecular complexity index is 4350. The van der Waals surface area contributed by atoms with Crippen LogP contribution in [0, 0.1) is 52.8 Å². The molecule has 1 aliphatic carbocycles. The van der Waals surface area contributed by atoms with Crippen LogP contribution < -0.4 is 0 Å². The van der Waals surface area contributed by atoms with E-state index in [2.05, 4.69) is 94.7 Å². The molecule has 142 heavy (non-hydrogen) atoms. The first-order chi connectivity index (χ1) is 65.0. The Balaban J connectivity index is -0.000000806. The summed E-state index contributed by atoms with van der Waals surface area (Å²) in [6, 6.07) is 8.30. The normalized spacial score (nSPS) is 13.3. The summed E-state index contributed by atoms with van der Waals surface area (Å²) in [7, 11) is 0. The van der Waals surface area contributed by atoms with Crippen LogP contribution in [-0.2, 0) is 138 Å². The van der Waals surface area contributed by atoms with Crippen molar-refractivity contribution in [3.63, 3.8) is 0 Å². The third kappa shape index (κ3) is 72.4. The number of ether oxygens (including phenoxy) is 12. The topological polar surface area (TPSA) is 520 Å². The molecule has 1 aliphatic rings. The monoisotopic (exact) mass is 2230 g/mol. The molecule has 48 heteroatoms. The summed E-state index contributed by atoms with van der Waals surface area (Å²) < 4.78 is 51.9. The van der Waals surface area contributed by atoms with Gasteiger partial charge in [0.2, 0.25) is 40.8 Å². The van der Waals surface area contributed by atoms with E-state index in [0.29, 0.717) is 5.56 Å². The molecule has 1 aromatic rings. The zero-order chi connectivity index (χ0) is 111. The first-order valence-corrected chi connectivity index (χ1v) is 53.0. The first kappa shape index (κ1) is 141. The number of thioether (sulfide) groups is 6. The fraction of sp³-hybridized carbons (Fsp3) is 0.681. The average molecular weight is 2230 g/mol. The minimum absolute atomic E-state index is 0.00903. The Morgan fingerprint density at radius 1 is 0.310 bits per heavy atom. The summed E-state index contributed by atoms with van der Waals surface area (Å²) in [5, 5.41) is -3.97. The molecule has 1 fully saturated rings. The summed E-state index contributed by atoms with van der Waals surface area (Å²) in [5.41, 5.74) is -0.333. The molecule has 806 valence electrons. The van der Waals surface area contributed by atoms with E-state index in [1.54, 1.807) is 155 Å². The van der Waals surface area contributed by atoms with E-state index in [-0.39, 0.29) is 167 Å². The van der Waals surface area contributed by atoms with Crippen molar-refractivity contribution in [3.05, 3.63) is 35.9 Å². The number of benzene rings is 1. The molecule has 0 radical (unpaired) electrons. The minimum Gasteiger partial charge on any atom is -0.428 e. The van der Waals surface area contributed by atoms with E-state index in [1.165, 1.54) is 48.5 Å². The molecule has 0 N–H and O–H groups in total. The number of hydrogen-bond acceptors (Lipinski definition) is 48. The molecule has 1 saturated carbocycles. The van der Waals surface area contributed by atoms with Crippen molar-refractivity contribution >= 4 is 283 Å². The quantitative estimate of drug-likeness (QED) is 0.0153. The Morgan fingerprint density at radius 3 is 0.768 bits per heavy atom. The number of carbonyl (C=O) groups excluding carboxylic acids is 24. The third-order valence-corrected chi connectivity index (χ3v) is 26.2. The molecule has 0 unspecified atom stereocenters. The molecule has 0 spiro atoms. The lowest BCUT2D eigenvalue weighted by Gasteiger charge is -2.20. The minimum atomic E-state index is -0.843. The number of rotatable bonds is 52. The zero-order valence-electron chi connectivity index (χ0n) is 85.3. The molecule has 0 saturated heterocycles. The Kier molecular flexibility index (Phi) is 72.1. The van der Waals surface area contributed by atoms with Gasteiger partial charge < -0.3 is 56.8 Å². The number of carbonyl (C=O) groups is 24. The van der Waals surface area contributed by atoms with Gasteiger partial charge in [-0.15, -0.1) is 0 Å². The van der Waals surface area contributed by atoms with Gasteiger partial charge in [0, 0.05) is 122 Å². The zero-order valence-corrected chi connectivity index (χ0v) is 95.6. The lowest BCUT2D eigenvalue weighted by Crippen LogP contribution is -2.30. The van der Waals surface area contributed by atoms with Crippen LogP contribution in [0.2, 0.25) is 0 Å². The highest BCUT2D eigenvalue weighted by molar-refractivity contribution is 8.14. The SMILES string of the molecule is CC(=O)OCOC(=O)SC[C@H](CC(=O)C(C)(C)S)C(C)=O.CC(=O)[C@H](CSC(=O)OCOC(=O)C(C)(C)C)CC(=O)C(C)(C)S.CC(=O)[C@H](CSC(=O)OCOC(=O)C(C)C)CC(=O)C(C)(C)S.CC(=O)[C@H](CSC(=O)OCOC(=O)C1CCCCC1)CC(=O)C(C)(C)S.CC(=O)[C@H](CSC(=O)OCOC(=O)c1ccccc1)CC(=O)C(C)(C)S.CCC(=O)OCOC(=O)SC[C@H](CC(=O)C(C)(C)S)C(C)=O. The van der Waals surface area contributed by atoms with E-state index in [0.717, 1.165) is 103 Å². The summed E-state index contributed by atoms with van der Waals surface area (Å²) in [5.74, 6) is -8.12. The van der Waals surface area contributed by atoms with E-state index >= 15 is 0 Å². The molecular weight excluding hydrogens is 2090 g/mol. The van der Waals surface area contributed by atoms with Gasteiger partial charge >= 0.3 is 67.6 Å². The predicted octanol–water partition coefficient (Wildman–Crippen LogP) is 18.4. The van der Waals surface area contributed by atoms with E-state index < -0.39 is 172 Å². The fourth-order valence-electron chi connectivity index (χ4n) is 9.46. The van der Waals surface area contributed by atoms with Crippen molar-refractivity contribution < 1.29 is 172 Å². The molecule has 0 aromatic heterocycles. The standard InChI is InChI=1S/C18H28O6S2.C18H22O6S2.C16H26O6S2.C15H24O6S2.C14H22O6S2.C13H20O6S2/c2*1-12(19)14(9-15(20)18(2,3)25)10-26-17(22)24-11-23-16(21)13-7-5-4-6-8-13;1-10(17)11(7-12(18)16(5,6)23)8-24-14(20)22-9-21-13(19)15(2,3)4;1-9(2)13(18)20-8-21-14(19)23-7-11(10(3)16)6-12(17)15(4,5)22;1-5-12(17)19-8-20-13(18)22-7-10(9(2)15)6-11(16)14(3,4)21;1-8(14)10(5-11(16)13(3,4)20)6-21-12(17)19-7-18-9(2)15/h13-14,25H,4-11H2,1-3H3;4-8,14,25H,9-11H2,1-3H3;11,23H,7-9H2,1-6H3;9,11,22H,6-8H2,1-5H3;10,21H,5-8H2,1-4H3;10,20H,5-7H2,1-4H3/t2*14-;2*11-;2*10-/m000000/s1. The highest BCUT2D eigenvalue weighted by atomic mass is 32.2. The average Bonchev–Trinajstić information content (AvgIpc) is 0.891. The number of hydrogen-bond donors (Lipinski definition) is 6. The molecule has 6 atom stereocenters. The van der Waals surface area contributed by atoms with Gasteiger partial charge in [-0.05, 0) is 241 Å². The number of esters is 6. The van der Waals surface area contributed by atoms with E-state index in [4.69, 9.17) is 37.9 Å². The lowest BCUT2D eigenvalue weighted by atomic mass is 9.89. The van der Waals surface area contributed by atoms with Crippen LogP contribution in [0.5, 0.6) is 0 Å². The van der Waals surface area contributed by atoms with Crippen LogP contribution >= 0.6 is 146 Å². The van der Waals surface area contributed by atoms with Gasteiger partial charge in [0.25, 0.3) is 0 Å². The number of Topliss-reactive ketones (excluding diaryl/α,β-unsaturated/α-hetero) is 12. The lowest BCUT2D eigenvalue weighted by molar-refractivity contribution is -0.161. The molecule has 0 aliphatic heterocycles. The molecule has 0 bridgehead atoms. The Hall–Kier alpha value is -6.90. The van der Waals surface area contributed by atoms with Crippen LogP contribution in [0.4, 0.5) is 28.8 Å². The van der Waals surface area contributed by atoms with Crippen molar-refractivity contribution in [2.45, 2.75) is 279 Å². The maximum Gasteiger partial charge on any atom is 0.370 e. The second kappa shape index (κ2) is 72.4. The molecule has 1 aromatic carbocycles. The van der Waals surface area contributed by atoms with Crippen LogP contribution in [0.1, 0.15) is 261 Å². The van der Waals surface area contributed by atoms with Crippen LogP contribution in [0.25, 0.3) is 0 Å². The highest BCUT2D eigenvalue weighted by Crippen LogP contribution is 2.31. The maximum atomic E-state index is 12.0. The van der Waals surface area contributed by atoms with Crippen LogP contribution in [0.15, 0.2) is 30.3 Å². The van der Waals surface area contributed by atoms with Crippen molar-refractivity contribution in [1.82, 2.24) is 0 Å². The fourth-order valence-corrected chi connectivity index (χ4v) is 14.9. The second-order valence-corrected chi connectivity index (χ2v) is 48.7.